The zero-order chi connectivity index (χ0) is 22.3. The lowest BCUT2D eigenvalue weighted by Crippen LogP contribution is -2.38. The van der Waals surface area contributed by atoms with E-state index in [1.807, 2.05) is 0 Å². The molecule has 1 aliphatic carbocycles. The van der Waals surface area contributed by atoms with Crippen LogP contribution < -0.4 is 10.6 Å². The molecule has 32 heavy (non-hydrogen) atoms. The van der Waals surface area contributed by atoms with Gasteiger partial charge in [0.1, 0.15) is 5.56 Å². The largest absolute Gasteiger partial charge is 0.419 e. The summed E-state index contributed by atoms with van der Waals surface area (Å²) in [5, 5.41) is 17.8. The van der Waals surface area contributed by atoms with E-state index in [0.29, 0.717) is 41.4 Å². The number of hydrogen-bond donors (Lipinski definition) is 2. The molecule has 2 aliphatic rings. The second kappa shape index (κ2) is 7.93. The maximum absolute atomic E-state index is 13.8. The molecule has 0 radical (unpaired) electrons. The van der Waals surface area contributed by atoms with E-state index >= 15 is 0 Å². The lowest BCUT2D eigenvalue weighted by molar-refractivity contribution is -0.138. The fourth-order valence-electron chi connectivity index (χ4n) is 4.01. The second-order valence-corrected chi connectivity index (χ2v) is 7.76. The summed E-state index contributed by atoms with van der Waals surface area (Å²) >= 11 is 0. The Morgan fingerprint density at radius 1 is 1.22 bits per heavy atom. The number of nitrogens with one attached hydrogen (secondary N) is 2. The van der Waals surface area contributed by atoms with Crippen LogP contribution in [0.4, 0.5) is 19.1 Å². The smallest absolute Gasteiger partial charge is 0.350 e. The van der Waals surface area contributed by atoms with E-state index in [0.717, 1.165) is 25.6 Å². The number of fused-ring (bicyclic) bond motifs is 1. The number of nitrogens with zero attached hydrogens (tertiary/aromatic N) is 7. The van der Waals surface area contributed by atoms with Gasteiger partial charge in [0.25, 0.3) is 0 Å². The molecule has 3 aromatic heterocycles. The van der Waals surface area contributed by atoms with Crippen LogP contribution in [0.5, 0.6) is 0 Å². The number of allylic oxidation sites excluding steroid dienone is 1. The van der Waals surface area contributed by atoms with Gasteiger partial charge in [0.2, 0.25) is 5.95 Å². The topological polar surface area (TPSA) is 106 Å². The van der Waals surface area contributed by atoms with Crippen LogP contribution in [0.2, 0.25) is 0 Å². The first-order valence-electron chi connectivity index (χ1n) is 10.3. The summed E-state index contributed by atoms with van der Waals surface area (Å²) in [5.74, 6) is 1.25. The van der Waals surface area contributed by atoms with Crippen LogP contribution in [-0.2, 0) is 12.6 Å². The second-order valence-electron chi connectivity index (χ2n) is 7.76. The van der Waals surface area contributed by atoms with Crippen molar-refractivity contribution in [3.8, 4) is 5.82 Å². The minimum Gasteiger partial charge on any atom is -0.350 e. The first-order valence-corrected chi connectivity index (χ1v) is 10.3. The van der Waals surface area contributed by atoms with Gasteiger partial charge in [0, 0.05) is 36.3 Å². The Bertz CT molecular complexity index is 1180. The summed E-state index contributed by atoms with van der Waals surface area (Å²) < 4.78 is 42.8. The molecule has 1 atom stereocenters. The Hall–Kier alpha value is -3.41. The molecule has 1 aliphatic heterocycles. The Balaban J connectivity index is 1.51. The van der Waals surface area contributed by atoms with Crippen molar-refractivity contribution in [1.29, 1.82) is 0 Å². The lowest BCUT2D eigenvalue weighted by atomic mass is 10.0. The maximum atomic E-state index is 13.8. The van der Waals surface area contributed by atoms with Crippen LogP contribution in [0.3, 0.4) is 0 Å². The fourth-order valence-corrected chi connectivity index (χ4v) is 4.01. The first kappa shape index (κ1) is 20.5. The maximum Gasteiger partial charge on any atom is 0.419 e. The molecular formula is C20H20F3N9. The van der Waals surface area contributed by atoms with Crippen LogP contribution in [-0.4, -0.2) is 54.3 Å². The van der Waals surface area contributed by atoms with Crippen molar-refractivity contribution in [2.75, 3.05) is 18.4 Å². The summed E-state index contributed by atoms with van der Waals surface area (Å²) in [6.07, 6.45) is 0.264. The molecule has 0 unspecified atom stereocenters. The highest BCUT2D eigenvalue weighted by Crippen LogP contribution is 2.39. The number of aromatic nitrogens is 7. The quantitative estimate of drug-likeness (QED) is 0.633. The fraction of sp³-hybridized carbons (Fsp3) is 0.400. The summed E-state index contributed by atoms with van der Waals surface area (Å²) in [5.41, 5.74) is 0.626. The van der Waals surface area contributed by atoms with Crippen LogP contribution in [0, 0.1) is 6.92 Å². The summed E-state index contributed by atoms with van der Waals surface area (Å²) in [7, 11) is 0. The van der Waals surface area contributed by atoms with E-state index < -0.39 is 11.7 Å². The number of alkyl halides is 3. The van der Waals surface area contributed by atoms with Crippen molar-refractivity contribution in [3.05, 3.63) is 52.7 Å². The number of pyridine rings is 1. The molecule has 4 heterocycles. The van der Waals surface area contributed by atoms with E-state index in [1.54, 1.807) is 25.1 Å². The van der Waals surface area contributed by atoms with Crippen molar-refractivity contribution in [2.45, 2.75) is 38.4 Å². The van der Waals surface area contributed by atoms with Gasteiger partial charge in [-0.15, -0.1) is 5.10 Å². The zero-order valence-electron chi connectivity index (χ0n) is 17.2. The van der Waals surface area contributed by atoms with Crippen LogP contribution >= 0.6 is 0 Å². The summed E-state index contributed by atoms with van der Waals surface area (Å²) in [6, 6.07) is 3.49. The molecule has 9 nitrogen and oxygen atoms in total. The van der Waals surface area contributed by atoms with Crippen LogP contribution in [0.1, 0.15) is 41.2 Å². The predicted octanol–water partition coefficient (Wildman–Crippen LogP) is 2.33. The number of piperidine rings is 1. The van der Waals surface area contributed by atoms with E-state index in [4.69, 9.17) is 0 Å². The highest BCUT2D eigenvalue weighted by Gasteiger charge is 2.37. The molecule has 5 rings (SSSR count). The Kier molecular flexibility index (Phi) is 5.08. The molecule has 1 fully saturated rings. The third-order valence-corrected chi connectivity index (χ3v) is 5.57. The van der Waals surface area contributed by atoms with Gasteiger partial charge in [-0.05, 0) is 48.9 Å². The van der Waals surface area contributed by atoms with Crippen molar-refractivity contribution < 1.29 is 13.2 Å². The Morgan fingerprint density at radius 3 is 2.81 bits per heavy atom. The molecular weight excluding hydrogens is 423 g/mol. The first-order chi connectivity index (χ1) is 15.4. The van der Waals surface area contributed by atoms with Crippen LogP contribution in [0.15, 0.2) is 24.4 Å². The van der Waals surface area contributed by atoms with Gasteiger partial charge in [-0.25, -0.2) is 15.0 Å². The van der Waals surface area contributed by atoms with Crippen LogP contribution in [0.25, 0.3) is 11.4 Å². The lowest BCUT2D eigenvalue weighted by Gasteiger charge is -2.24. The third kappa shape index (κ3) is 3.81. The highest BCUT2D eigenvalue weighted by molar-refractivity contribution is 5.84. The highest BCUT2D eigenvalue weighted by atomic mass is 19.4. The average molecular weight is 443 g/mol. The minimum absolute atomic E-state index is 0.0712. The normalized spacial score (nSPS) is 18.4. The number of hydrogen-bond acceptors (Lipinski definition) is 8. The molecule has 3 aromatic rings. The molecule has 0 amide bonds. The summed E-state index contributed by atoms with van der Waals surface area (Å²) in [4.78, 5) is 12.8. The van der Waals surface area contributed by atoms with Crippen molar-refractivity contribution in [1.82, 2.24) is 40.5 Å². The van der Waals surface area contributed by atoms with E-state index in [1.165, 1.54) is 4.68 Å². The molecule has 1 saturated heterocycles. The number of aryl methyl sites for hydroxylation is 1. The van der Waals surface area contributed by atoms with Crippen molar-refractivity contribution in [2.24, 2.45) is 0 Å². The van der Waals surface area contributed by atoms with Gasteiger partial charge < -0.3 is 10.6 Å². The van der Waals surface area contributed by atoms with Gasteiger partial charge in [0.15, 0.2) is 11.6 Å². The van der Waals surface area contributed by atoms with E-state index in [-0.39, 0.29) is 17.7 Å². The molecule has 0 spiro atoms. The standard InChI is InChI=1S/C20H20F3N9/c1-11-29-30-31-32(11)17-7-5-13-14(4-6-16(13)27-17)18-15(20(21,22)23)10-25-19(28-18)26-12-3-2-8-24-9-12/h4-5,7,10,12,24H,2-3,6,8-9H2,1H3,(H,25,26,28)/t12-/m0/s1. The third-order valence-electron chi connectivity index (χ3n) is 5.57. The minimum atomic E-state index is -4.58. The number of rotatable bonds is 4. The van der Waals surface area contributed by atoms with Gasteiger partial charge in [-0.1, -0.05) is 6.08 Å². The van der Waals surface area contributed by atoms with Crippen molar-refractivity contribution >= 4 is 11.5 Å². The Morgan fingerprint density at radius 2 is 2.09 bits per heavy atom. The van der Waals surface area contributed by atoms with Gasteiger partial charge >= 0.3 is 6.18 Å². The number of anilines is 1. The van der Waals surface area contributed by atoms with Crippen molar-refractivity contribution in [3.63, 3.8) is 0 Å². The van der Waals surface area contributed by atoms with E-state index in [9.17, 15) is 13.2 Å². The predicted molar refractivity (Wildman–Crippen MR) is 109 cm³/mol. The molecule has 0 saturated carbocycles. The SMILES string of the molecule is Cc1nnnn1-c1ccc2c(n1)CC=C2c1nc(N[C@H]2CCCNC2)ncc1C(F)(F)F. The van der Waals surface area contributed by atoms with Gasteiger partial charge in [0.05, 0.1) is 11.4 Å². The van der Waals surface area contributed by atoms with Gasteiger partial charge in [-0.3, -0.25) is 0 Å². The Labute approximate surface area is 181 Å². The average Bonchev–Trinajstić information content (AvgIpc) is 3.39. The molecule has 2 N–H and O–H groups in total. The molecule has 0 bridgehead atoms. The molecule has 0 aromatic carbocycles. The zero-order valence-corrected chi connectivity index (χ0v) is 17.2. The number of tetrazole rings is 1. The molecule has 12 heteroatoms. The van der Waals surface area contributed by atoms with E-state index in [2.05, 4.69) is 41.1 Å². The monoisotopic (exact) mass is 443 g/mol. The van der Waals surface area contributed by atoms with Gasteiger partial charge in [-0.2, -0.15) is 17.9 Å². The summed E-state index contributed by atoms with van der Waals surface area (Å²) in [6.45, 7) is 3.39. The number of halogens is 3. The molecule has 166 valence electrons.